The number of aromatic nitrogens is 6. The van der Waals surface area contributed by atoms with Gasteiger partial charge in [-0.3, -0.25) is 4.79 Å². The van der Waals surface area contributed by atoms with Gasteiger partial charge in [0.1, 0.15) is 35.4 Å². The SMILES string of the molecule is Cc1ccc2c(=O)n(CCC(O)(Cn3cncn3)c3ccc(F)cc3F)nnc2c1. The van der Waals surface area contributed by atoms with Crippen LogP contribution in [0.25, 0.3) is 10.9 Å². The molecule has 1 N–H and O–H groups in total. The van der Waals surface area contributed by atoms with E-state index >= 15 is 0 Å². The molecule has 1 atom stereocenters. The molecular weight excluding hydrogens is 394 g/mol. The summed E-state index contributed by atoms with van der Waals surface area (Å²) in [6.45, 7) is 1.69. The largest absolute Gasteiger partial charge is 0.383 e. The van der Waals surface area contributed by atoms with Gasteiger partial charge in [0, 0.05) is 24.6 Å². The van der Waals surface area contributed by atoms with E-state index in [-0.39, 0.29) is 30.6 Å². The van der Waals surface area contributed by atoms with E-state index in [1.54, 1.807) is 18.2 Å². The van der Waals surface area contributed by atoms with Crippen LogP contribution in [0, 0.1) is 18.6 Å². The summed E-state index contributed by atoms with van der Waals surface area (Å²) in [6, 6.07) is 8.16. The Hall–Kier alpha value is -3.53. The molecule has 0 aliphatic heterocycles. The molecule has 154 valence electrons. The van der Waals surface area contributed by atoms with Gasteiger partial charge in [-0.1, -0.05) is 17.3 Å². The van der Waals surface area contributed by atoms with Crippen molar-refractivity contribution in [3.05, 3.63) is 82.2 Å². The predicted octanol–water partition coefficient (Wildman–Crippen LogP) is 1.95. The summed E-state index contributed by atoms with van der Waals surface area (Å²) >= 11 is 0. The van der Waals surface area contributed by atoms with Crippen molar-refractivity contribution in [2.24, 2.45) is 0 Å². The maximum atomic E-state index is 14.5. The molecule has 0 fully saturated rings. The van der Waals surface area contributed by atoms with Gasteiger partial charge in [-0.2, -0.15) is 5.10 Å². The van der Waals surface area contributed by atoms with Crippen molar-refractivity contribution in [3.8, 4) is 0 Å². The average Bonchev–Trinajstić information content (AvgIpc) is 3.20. The zero-order valence-electron chi connectivity index (χ0n) is 16.0. The van der Waals surface area contributed by atoms with Gasteiger partial charge >= 0.3 is 0 Å². The van der Waals surface area contributed by atoms with E-state index < -0.39 is 17.2 Å². The molecule has 30 heavy (non-hydrogen) atoms. The molecule has 4 aromatic rings. The summed E-state index contributed by atoms with van der Waals surface area (Å²) in [5, 5.41) is 23.6. The normalized spacial score (nSPS) is 13.5. The minimum absolute atomic E-state index is 0.0440. The lowest BCUT2D eigenvalue weighted by Crippen LogP contribution is -2.36. The van der Waals surface area contributed by atoms with Gasteiger partial charge in [-0.15, -0.1) is 5.10 Å². The first-order valence-electron chi connectivity index (χ1n) is 9.20. The summed E-state index contributed by atoms with van der Waals surface area (Å²) in [5.74, 6) is -1.66. The van der Waals surface area contributed by atoms with E-state index in [0.717, 1.165) is 16.3 Å². The Bertz CT molecular complexity index is 1260. The van der Waals surface area contributed by atoms with Crippen LogP contribution in [0.3, 0.4) is 0 Å². The minimum atomic E-state index is -1.80. The lowest BCUT2D eigenvalue weighted by molar-refractivity contribution is -0.00227. The third-order valence-corrected chi connectivity index (χ3v) is 4.94. The van der Waals surface area contributed by atoms with Crippen LogP contribution < -0.4 is 5.56 Å². The van der Waals surface area contributed by atoms with Crippen molar-refractivity contribution in [1.29, 1.82) is 0 Å². The Kier molecular flexibility index (Phi) is 5.08. The molecule has 2 aromatic carbocycles. The third kappa shape index (κ3) is 3.81. The van der Waals surface area contributed by atoms with E-state index in [0.29, 0.717) is 17.0 Å². The summed E-state index contributed by atoms with van der Waals surface area (Å²) in [7, 11) is 0. The molecule has 2 aromatic heterocycles. The standard InChI is InChI=1S/C20H18F2N6O2/c1-13-2-4-15-18(8-13)25-26-28(19(15)29)7-6-20(30,10-27-12-23-11-24-27)16-5-3-14(21)9-17(16)22/h2-5,8-9,11-12,30H,6-7,10H2,1H3. The number of aryl methyl sites for hydroxylation is 2. The fourth-order valence-electron chi connectivity index (χ4n) is 3.37. The summed E-state index contributed by atoms with van der Waals surface area (Å²) in [5.41, 5.74) is -0.865. The fourth-order valence-corrected chi connectivity index (χ4v) is 3.37. The third-order valence-electron chi connectivity index (χ3n) is 4.94. The van der Waals surface area contributed by atoms with Gasteiger partial charge in [-0.05, 0) is 30.7 Å². The van der Waals surface area contributed by atoms with E-state index in [9.17, 15) is 18.7 Å². The second kappa shape index (κ2) is 7.71. The van der Waals surface area contributed by atoms with Gasteiger partial charge in [0.25, 0.3) is 5.56 Å². The molecule has 0 aliphatic carbocycles. The average molecular weight is 412 g/mol. The first-order valence-corrected chi connectivity index (χ1v) is 9.20. The van der Waals surface area contributed by atoms with E-state index in [1.807, 2.05) is 6.92 Å². The number of rotatable bonds is 6. The van der Waals surface area contributed by atoms with Gasteiger partial charge in [0.15, 0.2) is 0 Å². The Balaban J connectivity index is 1.69. The highest BCUT2D eigenvalue weighted by atomic mass is 19.1. The Labute approximate surface area is 169 Å². The molecule has 0 amide bonds. The Morgan fingerprint density at radius 1 is 1.17 bits per heavy atom. The van der Waals surface area contributed by atoms with E-state index in [2.05, 4.69) is 20.4 Å². The molecule has 4 rings (SSSR count). The number of nitrogens with zero attached hydrogens (tertiary/aromatic N) is 6. The fraction of sp³-hybridized carbons (Fsp3) is 0.250. The first kappa shape index (κ1) is 19.8. The molecular formula is C20H18F2N6O2. The van der Waals surface area contributed by atoms with Crippen molar-refractivity contribution < 1.29 is 13.9 Å². The number of fused-ring (bicyclic) bond motifs is 1. The van der Waals surface area contributed by atoms with Crippen molar-refractivity contribution in [2.75, 3.05) is 0 Å². The van der Waals surface area contributed by atoms with Gasteiger partial charge in [0.05, 0.1) is 11.9 Å². The van der Waals surface area contributed by atoms with Gasteiger partial charge < -0.3 is 5.11 Å². The number of hydrogen-bond donors (Lipinski definition) is 1. The van der Waals surface area contributed by atoms with Crippen LogP contribution in [-0.4, -0.2) is 34.9 Å². The second-order valence-corrected chi connectivity index (χ2v) is 7.14. The monoisotopic (exact) mass is 412 g/mol. The molecule has 0 radical (unpaired) electrons. The zero-order valence-corrected chi connectivity index (χ0v) is 16.0. The Morgan fingerprint density at radius 2 is 2.00 bits per heavy atom. The molecule has 2 heterocycles. The lowest BCUT2D eigenvalue weighted by Gasteiger charge is -2.29. The van der Waals surface area contributed by atoms with Crippen molar-refractivity contribution in [2.45, 2.75) is 32.0 Å². The molecule has 1 unspecified atom stereocenters. The second-order valence-electron chi connectivity index (χ2n) is 7.14. The molecule has 10 heteroatoms. The minimum Gasteiger partial charge on any atom is -0.383 e. The Morgan fingerprint density at radius 3 is 2.73 bits per heavy atom. The molecule has 0 aliphatic rings. The zero-order chi connectivity index (χ0) is 21.3. The quantitative estimate of drug-likeness (QED) is 0.520. The van der Waals surface area contributed by atoms with Crippen LogP contribution in [0.5, 0.6) is 0 Å². The highest BCUT2D eigenvalue weighted by Crippen LogP contribution is 2.30. The first-order chi connectivity index (χ1) is 14.4. The predicted molar refractivity (Wildman–Crippen MR) is 103 cm³/mol. The lowest BCUT2D eigenvalue weighted by atomic mass is 9.89. The van der Waals surface area contributed by atoms with Gasteiger partial charge in [-0.25, -0.2) is 23.1 Å². The number of halogens is 2. The van der Waals surface area contributed by atoms with Crippen molar-refractivity contribution in [1.82, 2.24) is 29.8 Å². The van der Waals surface area contributed by atoms with Crippen LogP contribution in [0.2, 0.25) is 0 Å². The highest BCUT2D eigenvalue weighted by Gasteiger charge is 2.33. The molecule has 0 saturated carbocycles. The van der Waals surface area contributed by atoms with E-state index in [1.165, 1.54) is 23.4 Å². The number of hydrogen-bond acceptors (Lipinski definition) is 6. The van der Waals surface area contributed by atoms with Crippen LogP contribution in [-0.2, 0) is 18.7 Å². The van der Waals surface area contributed by atoms with Crippen molar-refractivity contribution >= 4 is 10.9 Å². The van der Waals surface area contributed by atoms with Crippen molar-refractivity contribution in [3.63, 3.8) is 0 Å². The van der Waals surface area contributed by atoms with Crippen LogP contribution >= 0.6 is 0 Å². The van der Waals surface area contributed by atoms with Crippen LogP contribution in [0.4, 0.5) is 8.78 Å². The smallest absolute Gasteiger partial charge is 0.277 e. The maximum absolute atomic E-state index is 14.5. The van der Waals surface area contributed by atoms with E-state index in [4.69, 9.17) is 0 Å². The summed E-state index contributed by atoms with van der Waals surface area (Å²) in [6.07, 6.45) is 2.56. The van der Waals surface area contributed by atoms with Gasteiger partial charge in [0.2, 0.25) is 0 Å². The molecule has 0 saturated heterocycles. The topological polar surface area (TPSA) is 98.7 Å². The molecule has 8 nitrogen and oxygen atoms in total. The molecule has 0 spiro atoms. The number of aliphatic hydroxyl groups is 1. The highest BCUT2D eigenvalue weighted by molar-refractivity contribution is 5.77. The molecule has 0 bridgehead atoms. The summed E-state index contributed by atoms with van der Waals surface area (Å²) in [4.78, 5) is 16.6. The summed E-state index contributed by atoms with van der Waals surface area (Å²) < 4.78 is 30.3. The maximum Gasteiger partial charge on any atom is 0.277 e. The van der Waals surface area contributed by atoms with Crippen LogP contribution in [0.1, 0.15) is 17.5 Å². The number of benzene rings is 2. The van der Waals surface area contributed by atoms with Crippen LogP contribution in [0.15, 0.2) is 53.8 Å².